The van der Waals surface area contributed by atoms with Crippen molar-refractivity contribution in [1.29, 1.82) is 0 Å². The average molecular weight is 344 g/mol. The second-order valence-corrected chi connectivity index (χ2v) is 7.09. The Labute approximate surface area is 147 Å². The molecule has 1 aromatic carbocycles. The highest BCUT2D eigenvalue weighted by Crippen LogP contribution is 2.33. The van der Waals surface area contributed by atoms with Crippen LogP contribution in [0.1, 0.15) is 38.5 Å². The quantitative estimate of drug-likeness (QED) is 0.915. The topological polar surface area (TPSA) is 67.9 Å². The molecular formula is C19H24N2O4. The van der Waals surface area contributed by atoms with E-state index in [-0.39, 0.29) is 17.7 Å². The highest BCUT2D eigenvalue weighted by molar-refractivity contribution is 5.97. The number of carbonyl (C=O) groups excluding carboxylic acids is 2. The number of nitrogens with one attached hydrogen (secondary N) is 1. The van der Waals surface area contributed by atoms with Crippen LogP contribution in [0.15, 0.2) is 18.2 Å². The highest BCUT2D eigenvalue weighted by atomic mass is 16.6. The molecule has 0 spiro atoms. The third-order valence-electron chi connectivity index (χ3n) is 5.35. The van der Waals surface area contributed by atoms with Gasteiger partial charge in [-0.15, -0.1) is 0 Å². The number of fused-ring (bicyclic) bond motifs is 1. The molecule has 1 atom stereocenters. The molecule has 2 fully saturated rings. The van der Waals surface area contributed by atoms with E-state index >= 15 is 0 Å². The van der Waals surface area contributed by atoms with Gasteiger partial charge < -0.3 is 19.7 Å². The summed E-state index contributed by atoms with van der Waals surface area (Å²) in [6.45, 7) is 1.59. The van der Waals surface area contributed by atoms with Gasteiger partial charge in [0.05, 0.1) is 5.92 Å². The minimum atomic E-state index is -0.275. The van der Waals surface area contributed by atoms with Gasteiger partial charge >= 0.3 is 0 Å². The lowest BCUT2D eigenvalue weighted by Crippen LogP contribution is -2.38. The normalized spacial score (nSPS) is 23.6. The van der Waals surface area contributed by atoms with Gasteiger partial charge in [-0.1, -0.05) is 19.3 Å². The monoisotopic (exact) mass is 344 g/mol. The zero-order valence-electron chi connectivity index (χ0n) is 14.3. The van der Waals surface area contributed by atoms with Crippen LogP contribution in [0, 0.1) is 5.92 Å². The van der Waals surface area contributed by atoms with Crippen molar-refractivity contribution in [3.8, 4) is 11.5 Å². The number of ether oxygens (including phenoxy) is 2. The molecule has 1 aromatic rings. The van der Waals surface area contributed by atoms with E-state index in [2.05, 4.69) is 5.32 Å². The first-order valence-corrected chi connectivity index (χ1v) is 9.21. The van der Waals surface area contributed by atoms with Crippen LogP contribution in [-0.2, 0) is 9.59 Å². The molecular weight excluding hydrogens is 320 g/mol. The van der Waals surface area contributed by atoms with Crippen molar-refractivity contribution in [1.82, 2.24) is 4.90 Å². The average Bonchev–Trinajstić information content (AvgIpc) is 3.04. The van der Waals surface area contributed by atoms with Crippen LogP contribution in [0.5, 0.6) is 11.5 Å². The van der Waals surface area contributed by atoms with Crippen molar-refractivity contribution >= 4 is 17.5 Å². The summed E-state index contributed by atoms with van der Waals surface area (Å²) in [5.41, 5.74) is 0.679. The first-order chi connectivity index (χ1) is 12.2. The number of hydrogen-bond donors (Lipinski definition) is 1. The molecule has 1 unspecified atom stereocenters. The number of carbonyl (C=O) groups is 2. The van der Waals surface area contributed by atoms with Crippen LogP contribution in [-0.4, -0.2) is 42.5 Å². The third-order valence-corrected chi connectivity index (χ3v) is 5.35. The summed E-state index contributed by atoms with van der Waals surface area (Å²) in [6.07, 6.45) is 6.08. The minimum Gasteiger partial charge on any atom is -0.486 e. The summed E-state index contributed by atoms with van der Waals surface area (Å²) < 4.78 is 11.0. The van der Waals surface area contributed by atoms with Gasteiger partial charge in [-0.2, -0.15) is 0 Å². The maximum Gasteiger partial charge on any atom is 0.229 e. The Balaban J connectivity index is 1.39. The first-order valence-electron chi connectivity index (χ1n) is 9.21. The van der Waals surface area contributed by atoms with Crippen molar-refractivity contribution in [2.75, 3.05) is 25.1 Å². The largest absolute Gasteiger partial charge is 0.486 e. The number of likely N-dealkylation sites (tertiary alicyclic amines) is 1. The van der Waals surface area contributed by atoms with Crippen LogP contribution >= 0.6 is 0 Å². The lowest BCUT2D eigenvalue weighted by Gasteiger charge is -2.31. The number of anilines is 1. The summed E-state index contributed by atoms with van der Waals surface area (Å²) in [6, 6.07) is 5.72. The summed E-state index contributed by atoms with van der Waals surface area (Å²) in [5, 5.41) is 2.92. The van der Waals surface area contributed by atoms with Gasteiger partial charge in [0.1, 0.15) is 13.2 Å². The molecule has 6 nitrogen and oxygen atoms in total. The Hall–Kier alpha value is -2.24. The molecule has 0 aromatic heterocycles. The number of benzene rings is 1. The predicted octanol–water partition coefficient (Wildman–Crippen LogP) is 2.58. The SMILES string of the molecule is O=C(Nc1ccc2c(c1)OCCO2)C1CC(=O)N(C2CCCCC2)C1. The fourth-order valence-electron chi connectivity index (χ4n) is 4.02. The molecule has 6 heteroatoms. The maximum atomic E-state index is 12.6. The molecule has 3 aliphatic rings. The Morgan fingerprint density at radius 3 is 2.64 bits per heavy atom. The maximum absolute atomic E-state index is 12.6. The summed E-state index contributed by atoms with van der Waals surface area (Å²) in [5.74, 6) is 1.10. The smallest absolute Gasteiger partial charge is 0.229 e. The van der Waals surface area contributed by atoms with E-state index in [1.54, 1.807) is 18.2 Å². The Morgan fingerprint density at radius 1 is 1.08 bits per heavy atom. The third kappa shape index (κ3) is 3.43. The molecule has 2 aliphatic heterocycles. The standard InChI is InChI=1S/C19H24N2O4/c22-18-10-13(12-21(18)15-4-2-1-3-5-15)19(23)20-14-6-7-16-17(11-14)25-9-8-24-16/h6-7,11,13,15H,1-5,8-10,12H2,(H,20,23). The van der Waals surface area contributed by atoms with Crippen LogP contribution in [0.25, 0.3) is 0 Å². The number of nitrogens with zero attached hydrogens (tertiary/aromatic N) is 1. The minimum absolute atomic E-state index is 0.0941. The fourth-order valence-corrected chi connectivity index (χ4v) is 4.02. The predicted molar refractivity (Wildman–Crippen MR) is 92.8 cm³/mol. The van der Waals surface area contributed by atoms with Gasteiger partial charge in [0.25, 0.3) is 0 Å². The van der Waals surface area contributed by atoms with Crippen molar-refractivity contribution in [2.45, 2.75) is 44.6 Å². The molecule has 4 rings (SSSR count). The molecule has 1 saturated carbocycles. The molecule has 134 valence electrons. The molecule has 0 bridgehead atoms. The number of hydrogen-bond acceptors (Lipinski definition) is 4. The van der Waals surface area contributed by atoms with Gasteiger partial charge in [-0.3, -0.25) is 9.59 Å². The van der Waals surface area contributed by atoms with Gasteiger partial charge in [0, 0.05) is 30.8 Å². The molecule has 25 heavy (non-hydrogen) atoms. The second kappa shape index (κ2) is 6.94. The molecule has 1 saturated heterocycles. The van der Waals surface area contributed by atoms with Crippen molar-refractivity contribution < 1.29 is 19.1 Å². The summed E-state index contributed by atoms with van der Waals surface area (Å²) in [4.78, 5) is 26.9. The lowest BCUT2D eigenvalue weighted by atomic mass is 9.94. The molecule has 1 N–H and O–H groups in total. The Morgan fingerprint density at radius 2 is 1.84 bits per heavy atom. The van der Waals surface area contributed by atoms with Gasteiger partial charge in [0.2, 0.25) is 11.8 Å². The number of rotatable bonds is 3. The van der Waals surface area contributed by atoms with E-state index in [4.69, 9.17) is 9.47 Å². The van der Waals surface area contributed by atoms with Crippen molar-refractivity contribution in [2.24, 2.45) is 5.92 Å². The first kappa shape index (κ1) is 16.2. The highest BCUT2D eigenvalue weighted by Gasteiger charge is 2.38. The van der Waals surface area contributed by atoms with E-state index < -0.39 is 0 Å². The lowest BCUT2D eigenvalue weighted by molar-refractivity contribution is -0.130. The molecule has 1 aliphatic carbocycles. The van der Waals surface area contributed by atoms with Crippen LogP contribution in [0.2, 0.25) is 0 Å². The van der Waals surface area contributed by atoms with Gasteiger partial charge in [-0.05, 0) is 25.0 Å². The Kier molecular flexibility index (Phi) is 4.51. The zero-order chi connectivity index (χ0) is 17.2. The van der Waals surface area contributed by atoms with Crippen molar-refractivity contribution in [3.63, 3.8) is 0 Å². The fraction of sp³-hybridized carbons (Fsp3) is 0.579. The van der Waals surface area contributed by atoms with Gasteiger partial charge in [-0.25, -0.2) is 0 Å². The van der Waals surface area contributed by atoms with Crippen LogP contribution < -0.4 is 14.8 Å². The van der Waals surface area contributed by atoms with E-state index in [1.165, 1.54) is 19.3 Å². The molecule has 2 heterocycles. The number of amides is 2. The van der Waals surface area contributed by atoms with Crippen molar-refractivity contribution in [3.05, 3.63) is 18.2 Å². The van der Waals surface area contributed by atoms with E-state index in [1.807, 2.05) is 4.90 Å². The molecule has 2 amide bonds. The van der Waals surface area contributed by atoms with Crippen LogP contribution in [0.3, 0.4) is 0 Å². The summed E-state index contributed by atoms with van der Waals surface area (Å²) >= 11 is 0. The Bertz CT molecular complexity index is 669. The van der Waals surface area contributed by atoms with Gasteiger partial charge in [0.15, 0.2) is 11.5 Å². The molecule has 0 radical (unpaired) electrons. The summed E-state index contributed by atoms with van der Waals surface area (Å²) in [7, 11) is 0. The zero-order valence-corrected chi connectivity index (χ0v) is 14.3. The van der Waals surface area contributed by atoms with E-state index in [0.29, 0.717) is 49.4 Å². The van der Waals surface area contributed by atoms with Crippen LogP contribution in [0.4, 0.5) is 5.69 Å². The second-order valence-electron chi connectivity index (χ2n) is 7.09. The van der Waals surface area contributed by atoms with E-state index in [9.17, 15) is 9.59 Å². The van der Waals surface area contributed by atoms with E-state index in [0.717, 1.165) is 12.8 Å².